The van der Waals surface area contributed by atoms with Crippen molar-refractivity contribution in [1.82, 2.24) is 5.32 Å². The third-order valence-corrected chi connectivity index (χ3v) is 2.08. The van der Waals surface area contributed by atoms with Crippen LogP contribution in [0.2, 0.25) is 0 Å². The lowest BCUT2D eigenvalue weighted by atomic mass is 10.2. The summed E-state index contributed by atoms with van der Waals surface area (Å²) in [7, 11) is 1.15. The van der Waals surface area contributed by atoms with Crippen molar-refractivity contribution in [3.63, 3.8) is 0 Å². The molecule has 1 amide bonds. The summed E-state index contributed by atoms with van der Waals surface area (Å²) >= 11 is 0. The predicted molar refractivity (Wildman–Crippen MR) is 56.8 cm³/mol. The SMILES string of the molecule is COC(=O)[C@@H](CO)NC(=O)c1ccc(F)cc1. The van der Waals surface area contributed by atoms with Gasteiger partial charge in [-0.25, -0.2) is 9.18 Å². The molecule has 0 aliphatic heterocycles. The van der Waals surface area contributed by atoms with Gasteiger partial charge in [-0.05, 0) is 24.3 Å². The Hall–Kier alpha value is -1.95. The molecule has 0 saturated heterocycles. The molecule has 0 aromatic heterocycles. The Kier molecular flexibility index (Phi) is 4.59. The molecule has 1 atom stereocenters. The summed E-state index contributed by atoms with van der Waals surface area (Å²) in [5.41, 5.74) is 0.189. The van der Waals surface area contributed by atoms with E-state index in [0.29, 0.717) is 0 Å². The summed E-state index contributed by atoms with van der Waals surface area (Å²) in [4.78, 5) is 22.7. The molecule has 0 saturated carbocycles. The van der Waals surface area contributed by atoms with Gasteiger partial charge in [0.15, 0.2) is 6.04 Å². The lowest BCUT2D eigenvalue weighted by molar-refractivity contribution is -0.143. The first-order valence-corrected chi connectivity index (χ1v) is 4.83. The molecule has 17 heavy (non-hydrogen) atoms. The fraction of sp³-hybridized carbons (Fsp3) is 0.273. The Morgan fingerprint density at radius 3 is 2.47 bits per heavy atom. The zero-order valence-electron chi connectivity index (χ0n) is 9.14. The largest absolute Gasteiger partial charge is 0.467 e. The molecule has 0 heterocycles. The van der Waals surface area contributed by atoms with E-state index in [0.717, 1.165) is 19.2 Å². The highest BCUT2D eigenvalue weighted by molar-refractivity contribution is 5.96. The molecule has 2 N–H and O–H groups in total. The van der Waals surface area contributed by atoms with Crippen LogP contribution in [0.1, 0.15) is 10.4 Å². The standard InChI is InChI=1S/C11H12FNO4/c1-17-11(16)9(6-14)13-10(15)7-2-4-8(12)5-3-7/h2-5,9,14H,6H2,1H3,(H,13,15)/t9-/m1/s1. The van der Waals surface area contributed by atoms with Crippen molar-refractivity contribution in [3.05, 3.63) is 35.6 Å². The molecule has 0 unspecified atom stereocenters. The Bertz CT molecular complexity index is 404. The van der Waals surface area contributed by atoms with Crippen molar-refractivity contribution in [2.75, 3.05) is 13.7 Å². The first-order valence-electron chi connectivity index (χ1n) is 4.83. The molecule has 5 nitrogen and oxygen atoms in total. The first-order chi connectivity index (χ1) is 8.08. The van der Waals surface area contributed by atoms with Crippen LogP contribution in [0.25, 0.3) is 0 Å². The fourth-order valence-electron chi connectivity index (χ4n) is 1.16. The second kappa shape index (κ2) is 5.95. The maximum atomic E-state index is 12.6. The minimum atomic E-state index is -1.13. The summed E-state index contributed by atoms with van der Waals surface area (Å²) in [6.45, 7) is -0.570. The van der Waals surface area contributed by atoms with Crippen molar-refractivity contribution in [2.45, 2.75) is 6.04 Å². The average molecular weight is 241 g/mol. The van der Waals surface area contributed by atoms with Gasteiger partial charge in [0.25, 0.3) is 5.91 Å². The van der Waals surface area contributed by atoms with E-state index in [-0.39, 0.29) is 5.56 Å². The molecule has 0 aliphatic carbocycles. The molecule has 0 aliphatic rings. The lowest BCUT2D eigenvalue weighted by Crippen LogP contribution is -2.44. The van der Waals surface area contributed by atoms with E-state index in [1.165, 1.54) is 12.1 Å². The van der Waals surface area contributed by atoms with E-state index in [9.17, 15) is 14.0 Å². The Labute approximate surface area is 97.2 Å². The number of aliphatic hydroxyl groups excluding tert-OH is 1. The third-order valence-electron chi connectivity index (χ3n) is 2.08. The maximum absolute atomic E-state index is 12.6. The second-order valence-corrected chi connectivity index (χ2v) is 3.24. The second-order valence-electron chi connectivity index (χ2n) is 3.24. The number of rotatable bonds is 4. The van der Waals surface area contributed by atoms with E-state index in [2.05, 4.69) is 10.1 Å². The highest BCUT2D eigenvalue weighted by Gasteiger charge is 2.20. The molecule has 0 spiro atoms. The van der Waals surface area contributed by atoms with Crippen LogP contribution in [0.4, 0.5) is 4.39 Å². The summed E-state index contributed by atoms with van der Waals surface area (Å²) in [6.07, 6.45) is 0. The number of hydrogen-bond donors (Lipinski definition) is 2. The molecule has 92 valence electrons. The summed E-state index contributed by atoms with van der Waals surface area (Å²) in [6, 6.07) is 3.67. The minimum Gasteiger partial charge on any atom is -0.467 e. The number of methoxy groups -OCH3 is 1. The van der Waals surface area contributed by atoms with Gasteiger partial charge in [-0.2, -0.15) is 0 Å². The van der Waals surface area contributed by atoms with Gasteiger partial charge in [0, 0.05) is 5.56 Å². The molecule has 0 fully saturated rings. The normalized spacial score (nSPS) is 11.7. The van der Waals surface area contributed by atoms with Crippen LogP contribution in [-0.2, 0) is 9.53 Å². The van der Waals surface area contributed by atoms with E-state index in [4.69, 9.17) is 5.11 Å². The fourth-order valence-corrected chi connectivity index (χ4v) is 1.16. The van der Waals surface area contributed by atoms with Gasteiger partial charge in [0.1, 0.15) is 5.82 Å². The molecule has 0 radical (unpaired) electrons. The van der Waals surface area contributed by atoms with Crippen LogP contribution in [0.5, 0.6) is 0 Å². The quantitative estimate of drug-likeness (QED) is 0.732. The molecule has 6 heteroatoms. The van der Waals surface area contributed by atoms with E-state index in [1.54, 1.807) is 0 Å². The number of amides is 1. The highest BCUT2D eigenvalue weighted by Crippen LogP contribution is 2.03. The number of nitrogens with one attached hydrogen (secondary N) is 1. The van der Waals surface area contributed by atoms with Crippen LogP contribution in [0, 0.1) is 5.82 Å². The maximum Gasteiger partial charge on any atom is 0.330 e. The van der Waals surface area contributed by atoms with Crippen LogP contribution >= 0.6 is 0 Å². The molecular formula is C11H12FNO4. The van der Waals surface area contributed by atoms with Crippen molar-refractivity contribution < 1.29 is 23.8 Å². The van der Waals surface area contributed by atoms with Crippen molar-refractivity contribution >= 4 is 11.9 Å². The number of esters is 1. The Balaban J connectivity index is 2.71. The average Bonchev–Trinajstić information content (AvgIpc) is 2.35. The van der Waals surface area contributed by atoms with Crippen LogP contribution in [-0.4, -0.2) is 36.7 Å². The van der Waals surface area contributed by atoms with E-state index < -0.39 is 30.3 Å². The molecule has 0 bridgehead atoms. The molecular weight excluding hydrogens is 229 g/mol. The first kappa shape index (κ1) is 13.1. The monoisotopic (exact) mass is 241 g/mol. The number of hydrogen-bond acceptors (Lipinski definition) is 4. The molecule has 1 aromatic carbocycles. The summed E-state index contributed by atoms with van der Waals surface area (Å²) < 4.78 is 17.0. The number of benzene rings is 1. The van der Waals surface area contributed by atoms with Gasteiger partial charge in [0.05, 0.1) is 13.7 Å². The van der Waals surface area contributed by atoms with E-state index >= 15 is 0 Å². The number of carbonyl (C=O) groups is 2. The smallest absolute Gasteiger partial charge is 0.330 e. The Morgan fingerprint density at radius 1 is 1.41 bits per heavy atom. The van der Waals surface area contributed by atoms with Gasteiger partial charge in [-0.3, -0.25) is 4.79 Å². The third kappa shape index (κ3) is 3.53. The summed E-state index contributed by atoms with van der Waals surface area (Å²) in [5, 5.41) is 11.2. The van der Waals surface area contributed by atoms with Gasteiger partial charge in [0.2, 0.25) is 0 Å². The van der Waals surface area contributed by atoms with Gasteiger partial charge >= 0.3 is 5.97 Å². The summed E-state index contributed by atoms with van der Waals surface area (Å²) in [5.74, 6) is -1.80. The van der Waals surface area contributed by atoms with Gasteiger partial charge < -0.3 is 15.2 Å². The van der Waals surface area contributed by atoms with Gasteiger partial charge in [-0.1, -0.05) is 0 Å². The highest BCUT2D eigenvalue weighted by atomic mass is 19.1. The number of ether oxygens (including phenoxy) is 1. The number of carbonyl (C=O) groups excluding carboxylic acids is 2. The van der Waals surface area contributed by atoms with E-state index in [1.807, 2.05) is 0 Å². The number of halogens is 1. The van der Waals surface area contributed by atoms with Crippen LogP contribution in [0.3, 0.4) is 0 Å². The topological polar surface area (TPSA) is 75.6 Å². The van der Waals surface area contributed by atoms with Crippen LogP contribution in [0.15, 0.2) is 24.3 Å². The minimum absolute atomic E-state index is 0.189. The van der Waals surface area contributed by atoms with Gasteiger partial charge in [-0.15, -0.1) is 0 Å². The lowest BCUT2D eigenvalue weighted by Gasteiger charge is -2.13. The van der Waals surface area contributed by atoms with Crippen LogP contribution < -0.4 is 5.32 Å². The zero-order valence-corrected chi connectivity index (χ0v) is 9.14. The Morgan fingerprint density at radius 2 is 2.00 bits per heavy atom. The predicted octanol–water partition coefficient (Wildman–Crippen LogP) is 0.0894. The zero-order chi connectivity index (χ0) is 12.8. The van der Waals surface area contributed by atoms with Crippen molar-refractivity contribution in [2.24, 2.45) is 0 Å². The number of aliphatic hydroxyl groups is 1. The van der Waals surface area contributed by atoms with Crippen molar-refractivity contribution in [1.29, 1.82) is 0 Å². The molecule has 1 aromatic rings. The van der Waals surface area contributed by atoms with Crippen molar-refractivity contribution in [3.8, 4) is 0 Å². The molecule has 1 rings (SSSR count).